The largest absolute Gasteiger partial charge is 0.390 e. The smallest absolute Gasteiger partial charge is 0.158 e. The lowest BCUT2D eigenvalue weighted by Gasteiger charge is -2.20. The van der Waals surface area contributed by atoms with Crippen LogP contribution in [0.1, 0.15) is 12.8 Å². The molecule has 0 radical (unpaired) electrons. The van der Waals surface area contributed by atoms with Gasteiger partial charge in [0.2, 0.25) is 0 Å². The first-order valence-corrected chi connectivity index (χ1v) is 4.29. The van der Waals surface area contributed by atoms with E-state index in [2.05, 4.69) is 0 Å². The van der Waals surface area contributed by atoms with Crippen molar-refractivity contribution in [2.45, 2.75) is 31.3 Å². The lowest BCUT2D eigenvalue weighted by Crippen LogP contribution is -2.31. The number of hydrogen-bond donors (Lipinski definition) is 2. The zero-order valence-electron chi connectivity index (χ0n) is 6.18. The summed E-state index contributed by atoms with van der Waals surface area (Å²) in [5.41, 5.74) is 0. The standard InChI is InChI=1S/C8H12O3/c9-6-3-1-4-5(2-3)8(10)11-7(4)6/h3-10H,1-2H2/t3?,4?,5?,6?,7?,8-/m0/s1. The number of aliphatic hydroxyl groups excluding tert-OH is 2. The molecule has 11 heavy (non-hydrogen) atoms. The highest BCUT2D eigenvalue weighted by Gasteiger charge is 2.60. The molecule has 0 aromatic heterocycles. The highest BCUT2D eigenvalue weighted by Crippen LogP contribution is 2.55. The van der Waals surface area contributed by atoms with E-state index in [1.54, 1.807) is 0 Å². The Bertz CT molecular complexity index is 194. The summed E-state index contributed by atoms with van der Waals surface area (Å²) in [5.74, 6) is 1.19. The quantitative estimate of drug-likeness (QED) is 0.507. The molecular weight excluding hydrogens is 144 g/mol. The van der Waals surface area contributed by atoms with Crippen molar-refractivity contribution in [1.29, 1.82) is 0 Å². The fourth-order valence-corrected chi connectivity index (χ4v) is 3.09. The van der Waals surface area contributed by atoms with Crippen LogP contribution in [0.2, 0.25) is 0 Å². The third-order valence-corrected chi connectivity index (χ3v) is 3.60. The Labute approximate surface area is 65.0 Å². The zero-order chi connectivity index (χ0) is 7.59. The molecule has 0 aromatic carbocycles. The van der Waals surface area contributed by atoms with Crippen molar-refractivity contribution in [3.63, 3.8) is 0 Å². The van der Waals surface area contributed by atoms with E-state index >= 15 is 0 Å². The first kappa shape index (κ1) is 6.40. The first-order chi connectivity index (χ1) is 5.27. The van der Waals surface area contributed by atoms with Gasteiger partial charge in [-0.2, -0.15) is 0 Å². The van der Waals surface area contributed by atoms with Gasteiger partial charge >= 0.3 is 0 Å². The Morgan fingerprint density at radius 1 is 1.09 bits per heavy atom. The van der Waals surface area contributed by atoms with Crippen molar-refractivity contribution in [2.24, 2.45) is 17.8 Å². The monoisotopic (exact) mass is 156 g/mol. The molecule has 0 aromatic rings. The van der Waals surface area contributed by atoms with Gasteiger partial charge < -0.3 is 14.9 Å². The van der Waals surface area contributed by atoms with Gasteiger partial charge in [0, 0.05) is 5.92 Å². The lowest BCUT2D eigenvalue weighted by atomic mass is 9.88. The van der Waals surface area contributed by atoms with Gasteiger partial charge in [0.15, 0.2) is 6.29 Å². The van der Waals surface area contributed by atoms with Gasteiger partial charge in [0.05, 0.1) is 12.2 Å². The highest BCUT2D eigenvalue weighted by atomic mass is 16.6. The van der Waals surface area contributed by atoms with Crippen molar-refractivity contribution in [3.8, 4) is 0 Å². The summed E-state index contributed by atoms with van der Waals surface area (Å²) in [4.78, 5) is 0. The molecule has 3 heteroatoms. The average molecular weight is 156 g/mol. The number of fused-ring (bicyclic) bond motifs is 1. The van der Waals surface area contributed by atoms with Crippen molar-refractivity contribution in [3.05, 3.63) is 0 Å². The fourth-order valence-electron chi connectivity index (χ4n) is 3.09. The van der Waals surface area contributed by atoms with E-state index in [0.717, 1.165) is 12.8 Å². The predicted octanol–water partition coefficient (Wildman–Crippen LogP) is -0.279. The molecule has 2 N–H and O–H groups in total. The second-order valence-corrected chi connectivity index (χ2v) is 4.04. The van der Waals surface area contributed by atoms with Crippen molar-refractivity contribution in [1.82, 2.24) is 0 Å². The minimum Gasteiger partial charge on any atom is -0.390 e. The SMILES string of the molecule is OC1C2CC3C1O[C@H](O)C3C2. The summed E-state index contributed by atoms with van der Waals surface area (Å²) < 4.78 is 5.26. The van der Waals surface area contributed by atoms with Crippen molar-refractivity contribution < 1.29 is 14.9 Å². The highest BCUT2D eigenvalue weighted by molar-refractivity contribution is 5.06. The Kier molecular flexibility index (Phi) is 1.04. The van der Waals surface area contributed by atoms with Gasteiger partial charge in [-0.3, -0.25) is 0 Å². The minimum atomic E-state index is -0.591. The molecule has 3 fully saturated rings. The average Bonchev–Trinajstić information content (AvgIpc) is 2.53. The third-order valence-electron chi connectivity index (χ3n) is 3.60. The molecule has 62 valence electrons. The van der Waals surface area contributed by atoms with Crippen molar-refractivity contribution >= 4 is 0 Å². The van der Waals surface area contributed by atoms with E-state index < -0.39 is 6.29 Å². The molecular formula is C8H12O3. The van der Waals surface area contributed by atoms with Crippen LogP contribution >= 0.6 is 0 Å². The van der Waals surface area contributed by atoms with Gasteiger partial charge in [-0.05, 0) is 24.7 Å². The van der Waals surface area contributed by atoms with Crippen LogP contribution in [0.4, 0.5) is 0 Å². The van der Waals surface area contributed by atoms with Gasteiger partial charge in [0.1, 0.15) is 0 Å². The van der Waals surface area contributed by atoms with Crippen molar-refractivity contribution in [2.75, 3.05) is 0 Å². The number of rotatable bonds is 0. The normalized spacial score (nSPS) is 66.0. The molecule has 6 atom stereocenters. The maximum atomic E-state index is 9.59. The summed E-state index contributed by atoms with van der Waals surface area (Å²) in [6.45, 7) is 0. The van der Waals surface area contributed by atoms with E-state index in [9.17, 15) is 10.2 Å². The van der Waals surface area contributed by atoms with Crippen LogP contribution < -0.4 is 0 Å². The minimum absolute atomic E-state index is 0.0475. The van der Waals surface area contributed by atoms with Crippen LogP contribution in [0.25, 0.3) is 0 Å². The second kappa shape index (κ2) is 1.79. The zero-order valence-corrected chi connectivity index (χ0v) is 6.18. The lowest BCUT2D eigenvalue weighted by molar-refractivity contribution is -0.121. The Balaban J connectivity index is 1.98. The Morgan fingerprint density at radius 2 is 1.82 bits per heavy atom. The van der Waals surface area contributed by atoms with E-state index in [1.165, 1.54) is 0 Å². The molecule has 1 aliphatic heterocycles. The maximum Gasteiger partial charge on any atom is 0.158 e. The Hall–Kier alpha value is -0.120. The summed E-state index contributed by atoms with van der Waals surface area (Å²) >= 11 is 0. The number of hydrogen-bond acceptors (Lipinski definition) is 3. The molecule has 3 nitrogen and oxygen atoms in total. The van der Waals surface area contributed by atoms with Crippen LogP contribution in [0, 0.1) is 17.8 Å². The van der Waals surface area contributed by atoms with Gasteiger partial charge in [-0.15, -0.1) is 0 Å². The van der Waals surface area contributed by atoms with E-state index in [1.807, 2.05) is 0 Å². The molecule has 0 spiro atoms. The summed E-state index contributed by atoms with van der Waals surface area (Å²) in [6.07, 6.45) is 1.09. The van der Waals surface area contributed by atoms with Crippen LogP contribution in [-0.4, -0.2) is 28.7 Å². The molecule has 3 aliphatic rings. The van der Waals surface area contributed by atoms with Gasteiger partial charge in [-0.25, -0.2) is 0 Å². The molecule has 5 unspecified atom stereocenters. The summed E-state index contributed by atoms with van der Waals surface area (Å²) in [6, 6.07) is 0. The van der Waals surface area contributed by atoms with E-state index in [-0.39, 0.29) is 12.2 Å². The molecule has 2 aliphatic carbocycles. The van der Waals surface area contributed by atoms with Crippen LogP contribution in [-0.2, 0) is 4.74 Å². The molecule has 2 bridgehead atoms. The topological polar surface area (TPSA) is 49.7 Å². The fraction of sp³-hybridized carbons (Fsp3) is 1.00. The second-order valence-electron chi connectivity index (χ2n) is 4.04. The molecule has 1 heterocycles. The maximum absolute atomic E-state index is 9.59. The predicted molar refractivity (Wildman–Crippen MR) is 36.6 cm³/mol. The molecule has 0 amide bonds. The molecule has 1 saturated heterocycles. The Morgan fingerprint density at radius 3 is 2.45 bits per heavy atom. The van der Waals surface area contributed by atoms with E-state index in [0.29, 0.717) is 17.8 Å². The van der Waals surface area contributed by atoms with E-state index in [4.69, 9.17) is 4.74 Å². The summed E-state index contributed by atoms with van der Waals surface area (Å²) in [5, 5.41) is 19.0. The third kappa shape index (κ3) is 0.604. The van der Waals surface area contributed by atoms with Crippen LogP contribution in [0.5, 0.6) is 0 Å². The first-order valence-electron chi connectivity index (χ1n) is 4.29. The van der Waals surface area contributed by atoms with Crippen LogP contribution in [0.3, 0.4) is 0 Å². The van der Waals surface area contributed by atoms with Gasteiger partial charge in [-0.1, -0.05) is 0 Å². The summed E-state index contributed by atoms with van der Waals surface area (Å²) in [7, 11) is 0. The molecule has 2 saturated carbocycles. The van der Waals surface area contributed by atoms with Crippen LogP contribution in [0.15, 0.2) is 0 Å². The molecule has 3 rings (SSSR count). The van der Waals surface area contributed by atoms with Gasteiger partial charge in [0.25, 0.3) is 0 Å². The number of ether oxygens (including phenoxy) is 1. The number of aliphatic hydroxyl groups is 2.